The number of aryl methyl sites for hydroxylation is 1. The summed E-state index contributed by atoms with van der Waals surface area (Å²) in [6, 6.07) is 7.30. The highest BCUT2D eigenvalue weighted by Crippen LogP contribution is 2.45. The number of nitrogens with zero attached hydrogens (tertiary/aromatic N) is 7. The first-order valence-electron chi connectivity index (χ1n) is 14.2. The van der Waals surface area contributed by atoms with Crippen molar-refractivity contribution >= 4 is 40.5 Å². The Morgan fingerprint density at radius 1 is 1.19 bits per heavy atom. The number of nitrogens with one attached hydrogen (secondary N) is 1. The number of anilines is 5. The smallest absolute Gasteiger partial charge is 0.343 e. The number of hydrogen-bond donors (Lipinski definition) is 1. The standard InChI is InChI=1S/C30H38N8O5/c1-17(2)43-28(39)20-13-31-29(34-27(20)37-16-30(4,5)26-22(37)10-9-18(3)32-26)33-21-11-24(38(40)41)23(12-25(21)42-8)36-14-19(15-36)35(6)7/h9-13,17,19H,14-16H2,1-8H3,(H,31,33,34). The molecule has 0 unspecified atom stereocenters. The number of hydrogen-bond acceptors (Lipinski definition) is 12. The minimum Gasteiger partial charge on any atom is -0.494 e. The Kier molecular flexibility index (Phi) is 7.86. The number of pyridine rings is 1. The quantitative estimate of drug-likeness (QED) is 0.212. The highest BCUT2D eigenvalue weighted by Gasteiger charge is 2.40. The topological polar surface area (TPSA) is 139 Å². The molecule has 1 fully saturated rings. The molecule has 0 spiro atoms. The molecule has 2 aliphatic rings. The van der Waals surface area contributed by atoms with Crippen LogP contribution in [0, 0.1) is 17.0 Å². The molecule has 2 aromatic heterocycles. The number of likely N-dealkylation sites (N-methyl/N-ethyl adjacent to an activating group) is 1. The Balaban J connectivity index is 1.55. The van der Waals surface area contributed by atoms with Crippen LogP contribution in [0.1, 0.15) is 49.4 Å². The lowest BCUT2D eigenvalue weighted by atomic mass is 9.91. The average molecular weight is 591 g/mol. The minimum atomic E-state index is -0.550. The third-order valence-corrected chi connectivity index (χ3v) is 7.76. The highest BCUT2D eigenvalue weighted by atomic mass is 16.6. The van der Waals surface area contributed by atoms with E-state index in [-0.39, 0.29) is 28.7 Å². The van der Waals surface area contributed by atoms with Crippen molar-refractivity contribution in [2.24, 2.45) is 0 Å². The van der Waals surface area contributed by atoms with Crippen molar-refractivity contribution in [3.63, 3.8) is 0 Å². The van der Waals surface area contributed by atoms with Gasteiger partial charge in [0, 0.05) is 55.1 Å². The summed E-state index contributed by atoms with van der Waals surface area (Å²) < 4.78 is 11.2. The van der Waals surface area contributed by atoms with E-state index in [9.17, 15) is 14.9 Å². The molecule has 4 heterocycles. The van der Waals surface area contributed by atoms with Crippen LogP contribution in [-0.4, -0.2) is 83.7 Å². The molecule has 2 aliphatic heterocycles. The fourth-order valence-electron chi connectivity index (χ4n) is 5.39. The van der Waals surface area contributed by atoms with Crippen LogP contribution in [0.3, 0.4) is 0 Å². The van der Waals surface area contributed by atoms with Crippen LogP contribution in [0.4, 0.5) is 34.5 Å². The van der Waals surface area contributed by atoms with Crippen molar-refractivity contribution < 1.29 is 19.2 Å². The predicted molar refractivity (Wildman–Crippen MR) is 164 cm³/mol. The van der Waals surface area contributed by atoms with Crippen molar-refractivity contribution in [2.45, 2.75) is 52.2 Å². The zero-order valence-electron chi connectivity index (χ0n) is 25.8. The van der Waals surface area contributed by atoms with Gasteiger partial charge in [-0.05, 0) is 47.0 Å². The van der Waals surface area contributed by atoms with Gasteiger partial charge in [-0.1, -0.05) is 13.8 Å². The van der Waals surface area contributed by atoms with Gasteiger partial charge in [-0.3, -0.25) is 15.1 Å². The lowest BCUT2D eigenvalue weighted by Crippen LogP contribution is -2.57. The molecule has 0 amide bonds. The van der Waals surface area contributed by atoms with Crippen LogP contribution in [0.5, 0.6) is 5.75 Å². The van der Waals surface area contributed by atoms with E-state index in [0.29, 0.717) is 48.6 Å². The van der Waals surface area contributed by atoms with Gasteiger partial charge >= 0.3 is 5.97 Å². The Hall–Kier alpha value is -4.52. The third-order valence-electron chi connectivity index (χ3n) is 7.76. The largest absolute Gasteiger partial charge is 0.494 e. The van der Waals surface area contributed by atoms with E-state index in [2.05, 4.69) is 29.0 Å². The summed E-state index contributed by atoms with van der Waals surface area (Å²) in [4.78, 5) is 44.9. The lowest BCUT2D eigenvalue weighted by Gasteiger charge is -2.44. The fraction of sp³-hybridized carbons (Fsp3) is 0.467. The maximum absolute atomic E-state index is 13.2. The Labute approximate surface area is 251 Å². The summed E-state index contributed by atoms with van der Waals surface area (Å²) in [6.45, 7) is 11.5. The Bertz CT molecular complexity index is 1570. The summed E-state index contributed by atoms with van der Waals surface area (Å²) >= 11 is 0. The van der Waals surface area contributed by atoms with Crippen molar-refractivity contribution in [3.05, 3.63) is 57.5 Å². The number of methoxy groups -OCH3 is 1. The maximum Gasteiger partial charge on any atom is 0.343 e. The summed E-state index contributed by atoms with van der Waals surface area (Å²) in [5.41, 5.74) is 3.26. The molecule has 13 heteroatoms. The monoisotopic (exact) mass is 590 g/mol. The highest BCUT2D eigenvalue weighted by molar-refractivity contribution is 5.96. The predicted octanol–water partition coefficient (Wildman–Crippen LogP) is 4.59. The first kappa shape index (κ1) is 30.0. The average Bonchev–Trinajstić information content (AvgIpc) is 3.17. The van der Waals surface area contributed by atoms with E-state index in [0.717, 1.165) is 17.1 Å². The van der Waals surface area contributed by atoms with E-state index >= 15 is 0 Å². The molecular formula is C30H38N8O5. The van der Waals surface area contributed by atoms with E-state index in [1.807, 2.05) is 43.0 Å². The van der Waals surface area contributed by atoms with Gasteiger partial charge in [-0.25, -0.2) is 9.78 Å². The molecule has 1 aromatic carbocycles. The van der Waals surface area contributed by atoms with Crippen LogP contribution in [0.25, 0.3) is 0 Å². The van der Waals surface area contributed by atoms with Gasteiger partial charge in [0.1, 0.15) is 17.0 Å². The molecule has 43 heavy (non-hydrogen) atoms. The molecular weight excluding hydrogens is 552 g/mol. The van der Waals surface area contributed by atoms with Gasteiger partial charge in [0.25, 0.3) is 5.69 Å². The van der Waals surface area contributed by atoms with E-state index in [4.69, 9.17) is 19.4 Å². The van der Waals surface area contributed by atoms with Gasteiger partial charge in [-0.15, -0.1) is 0 Å². The number of ether oxygens (including phenoxy) is 2. The van der Waals surface area contributed by atoms with Crippen LogP contribution in [0.15, 0.2) is 30.5 Å². The second-order valence-electron chi connectivity index (χ2n) is 12.1. The normalized spacial score (nSPS) is 15.9. The number of carbonyl (C=O) groups excluding carboxylic acids is 1. The third kappa shape index (κ3) is 5.76. The number of fused-ring (bicyclic) bond motifs is 1. The van der Waals surface area contributed by atoms with Gasteiger partial charge in [-0.2, -0.15) is 4.98 Å². The number of esters is 1. The molecule has 3 aromatic rings. The van der Waals surface area contributed by atoms with Gasteiger partial charge < -0.3 is 29.5 Å². The fourth-order valence-corrected chi connectivity index (χ4v) is 5.39. The zero-order valence-corrected chi connectivity index (χ0v) is 25.8. The number of nitro benzene ring substituents is 1. The van der Waals surface area contributed by atoms with Crippen molar-refractivity contribution in [2.75, 3.05) is 56.0 Å². The Morgan fingerprint density at radius 2 is 1.91 bits per heavy atom. The van der Waals surface area contributed by atoms with Crippen LogP contribution >= 0.6 is 0 Å². The van der Waals surface area contributed by atoms with Crippen molar-refractivity contribution in [1.82, 2.24) is 19.9 Å². The molecule has 1 N–H and O–H groups in total. The second-order valence-corrected chi connectivity index (χ2v) is 12.1. The molecule has 0 aliphatic carbocycles. The number of carbonyl (C=O) groups is 1. The number of nitro groups is 1. The van der Waals surface area contributed by atoms with Gasteiger partial charge in [0.2, 0.25) is 5.95 Å². The number of rotatable bonds is 9. The second kappa shape index (κ2) is 11.3. The molecule has 5 rings (SSSR count). The molecule has 13 nitrogen and oxygen atoms in total. The van der Waals surface area contributed by atoms with Crippen molar-refractivity contribution in [3.8, 4) is 5.75 Å². The summed E-state index contributed by atoms with van der Waals surface area (Å²) in [6.07, 6.45) is 1.08. The summed E-state index contributed by atoms with van der Waals surface area (Å²) in [5.74, 6) is 0.334. The maximum atomic E-state index is 13.2. The van der Waals surface area contributed by atoms with E-state index < -0.39 is 10.9 Å². The molecule has 0 saturated carbocycles. The first-order chi connectivity index (χ1) is 20.3. The molecule has 0 radical (unpaired) electrons. The molecule has 0 atom stereocenters. The lowest BCUT2D eigenvalue weighted by molar-refractivity contribution is -0.384. The van der Waals surface area contributed by atoms with Crippen LogP contribution in [-0.2, 0) is 10.2 Å². The molecule has 228 valence electrons. The summed E-state index contributed by atoms with van der Waals surface area (Å²) in [5, 5.41) is 15.2. The van der Waals surface area contributed by atoms with E-state index in [1.54, 1.807) is 19.9 Å². The molecule has 1 saturated heterocycles. The van der Waals surface area contributed by atoms with E-state index in [1.165, 1.54) is 19.4 Å². The number of aromatic nitrogens is 3. The van der Waals surface area contributed by atoms with Crippen LogP contribution < -0.4 is 19.9 Å². The number of benzene rings is 1. The summed E-state index contributed by atoms with van der Waals surface area (Å²) in [7, 11) is 5.49. The molecule has 0 bridgehead atoms. The van der Waals surface area contributed by atoms with Crippen molar-refractivity contribution in [1.29, 1.82) is 0 Å². The van der Waals surface area contributed by atoms with Gasteiger partial charge in [0.05, 0.1) is 35.2 Å². The minimum absolute atomic E-state index is 0.0606. The Morgan fingerprint density at radius 3 is 2.53 bits per heavy atom. The SMILES string of the molecule is COc1cc(N2CC(N(C)C)C2)c([N+](=O)[O-])cc1Nc1ncc(C(=O)OC(C)C)c(N2CC(C)(C)c3nc(C)ccc32)n1. The van der Waals surface area contributed by atoms with Crippen LogP contribution in [0.2, 0.25) is 0 Å². The van der Waals surface area contributed by atoms with Gasteiger partial charge in [0.15, 0.2) is 5.82 Å². The zero-order chi connectivity index (χ0) is 31.2. The first-order valence-corrected chi connectivity index (χ1v) is 14.2.